The van der Waals surface area contributed by atoms with Gasteiger partial charge in [0.2, 0.25) is 15.8 Å². The Kier molecular flexibility index (Phi) is 14.2. The first-order chi connectivity index (χ1) is 30.3. The molecule has 0 aliphatic rings. The molecule has 64 heavy (non-hydrogen) atoms. The van der Waals surface area contributed by atoms with Crippen molar-refractivity contribution in [3.05, 3.63) is 120 Å². The molecule has 6 aromatic rings. The standard InChI is InChI=1S/C45H52N8O9S2/c1-29(48-44(54)62-45(2,3)4)28-63(55,56)39-24-23-36(37-9-8-10-38(46)41(37)47)40(43-49-51-53(50-43)27-32-15-21-35(61-7)22-16-32)42(39)64(57,58)52(25-30-11-17-33(59-5)18-12-30)26-31-13-19-34(60-6)20-14-31/h8-24,29H,25-28,46-47H2,1-7H3,(H,48,54). The zero-order valence-electron chi connectivity index (χ0n) is 36.6. The zero-order valence-corrected chi connectivity index (χ0v) is 38.2. The Balaban J connectivity index is 1.62. The number of sulfone groups is 1. The molecule has 0 radical (unpaired) electrons. The van der Waals surface area contributed by atoms with E-state index in [4.69, 9.17) is 30.4 Å². The van der Waals surface area contributed by atoms with Crippen LogP contribution in [0.5, 0.6) is 17.2 Å². The molecule has 5 N–H and O–H groups in total. The normalized spacial score (nSPS) is 12.4. The minimum Gasteiger partial charge on any atom is -0.497 e. The van der Waals surface area contributed by atoms with E-state index in [1.165, 1.54) is 42.4 Å². The van der Waals surface area contributed by atoms with Crippen LogP contribution in [-0.4, -0.2) is 86.2 Å². The third-order valence-corrected chi connectivity index (χ3v) is 13.9. The topological polar surface area (TPSA) is 233 Å². The van der Waals surface area contributed by atoms with Gasteiger partial charge < -0.3 is 35.7 Å². The second-order valence-corrected chi connectivity index (χ2v) is 19.8. The Morgan fingerprint density at radius 1 is 0.750 bits per heavy atom. The molecule has 19 heteroatoms. The lowest BCUT2D eigenvalue weighted by atomic mass is 9.97. The number of para-hydroxylation sites is 1. The Labute approximate surface area is 373 Å². The monoisotopic (exact) mass is 912 g/mol. The maximum absolute atomic E-state index is 15.9. The van der Waals surface area contributed by atoms with Gasteiger partial charge in [-0.2, -0.15) is 9.10 Å². The molecule has 338 valence electrons. The van der Waals surface area contributed by atoms with Gasteiger partial charge in [0.05, 0.1) is 55.5 Å². The molecule has 0 aliphatic heterocycles. The number of benzene rings is 5. The summed E-state index contributed by atoms with van der Waals surface area (Å²) in [5, 5.41) is 15.9. The first-order valence-electron chi connectivity index (χ1n) is 20.0. The van der Waals surface area contributed by atoms with Gasteiger partial charge in [-0.25, -0.2) is 21.6 Å². The summed E-state index contributed by atoms with van der Waals surface area (Å²) in [5.41, 5.74) is 14.5. The van der Waals surface area contributed by atoms with E-state index in [0.717, 1.165) is 5.56 Å². The van der Waals surface area contributed by atoms with Crippen LogP contribution >= 0.6 is 0 Å². The minimum absolute atomic E-state index is 0.108. The number of nitrogen functional groups attached to an aromatic ring is 2. The van der Waals surface area contributed by atoms with Crippen LogP contribution in [0, 0.1) is 0 Å². The highest BCUT2D eigenvalue weighted by molar-refractivity contribution is 7.93. The van der Waals surface area contributed by atoms with E-state index < -0.39 is 53.1 Å². The average molecular weight is 913 g/mol. The highest BCUT2D eigenvalue weighted by Crippen LogP contribution is 2.44. The number of alkyl carbamates (subject to hydrolysis) is 1. The van der Waals surface area contributed by atoms with Crippen LogP contribution < -0.4 is 31.0 Å². The molecule has 0 aliphatic carbocycles. The summed E-state index contributed by atoms with van der Waals surface area (Å²) in [4.78, 5) is 12.9. The number of nitrogens with one attached hydrogen (secondary N) is 1. The third kappa shape index (κ3) is 11.1. The molecule has 1 heterocycles. The maximum atomic E-state index is 15.9. The average Bonchev–Trinajstić information content (AvgIpc) is 3.71. The number of aromatic nitrogens is 4. The summed E-state index contributed by atoms with van der Waals surface area (Å²) in [7, 11) is -4.96. The maximum Gasteiger partial charge on any atom is 0.407 e. The Hall–Kier alpha value is -6.70. The van der Waals surface area contributed by atoms with Crippen molar-refractivity contribution in [1.29, 1.82) is 0 Å². The molecule has 17 nitrogen and oxygen atoms in total. The summed E-state index contributed by atoms with van der Waals surface area (Å²) in [6.07, 6.45) is -0.848. The molecule has 0 fully saturated rings. The zero-order chi connectivity index (χ0) is 46.4. The van der Waals surface area contributed by atoms with Crippen molar-refractivity contribution in [3.8, 4) is 39.8 Å². The molecular formula is C45H52N8O9S2. The number of methoxy groups -OCH3 is 3. The highest BCUT2D eigenvalue weighted by Gasteiger charge is 2.39. The van der Waals surface area contributed by atoms with Gasteiger partial charge in [0.1, 0.15) is 27.7 Å². The molecule has 1 amide bonds. The Bertz CT molecular complexity index is 2760. The fourth-order valence-electron chi connectivity index (χ4n) is 6.83. The van der Waals surface area contributed by atoms with Crippen LogP contribution in [0.4, 0.5) is 16.2 Å². The van der Waals surface area contributed by atoms with Gasteiger partial charge in [-0.05, 0) is 104 Å². The highest BCUT2D eigenvalue weighted by atomic mass is 32.2. The van der Waals surface area contributed by atoms with Crippen LogP contribution in [0.15, 0.2) is 113 Å². The number of amides is 1. The predicted molar refractivity (Wildman–Crippen MR) is 243 cm³/mol. The molecule has 5 aromatic carbocycles. The van der Waals surface area contributed by atoms with Gasteiger partial charge in [-0.1, -0.05) is 54.6 Å². The Morgan fingerprint density at radius 2 is 1.28 bits per heavy atom. The number of rotatable bonds is 17. The summed E-state index contributed by atoms with van der Waals surface area (Å²) >= 11 is 0. The second-order valence-electron chi connectivity index (χ2n) is 15.9. The number of nitrogens with two attached hydrogens (primary N) is 2. The third-order valence-electron chi connectivity index (χ3n) is 9.91. The molecule has 0 bridgehead atoms. The van der Waals surface area contributed by atoms with E-state index >= 15 is 8.42 Å². The van der Waals surface area contributed by atoms with Gasteiger partial charge in [0.15, 0.2) is 9.84 Å². The molecule has 1 unspecified atom stereocenters. The molecule has 0 spiro atoms. The van der Waals surface area contributed by atoms with Crippen molar-refractivity contribution in [3.63, 3.8) is 0 Å². The quantitative estimate of drug-likeness (QED) is 0.0850. The lowest BCUT2D eigenvalue weighted by molar-refractivity contribution is 0.0513. The van der Waals surface area contributed by atoms with E-state index in [1.54, 1.807) is 107 Å². The van der Waals surface area contributed by atoms with Crippen molar-refractivity contribution >= 4 is 37.3 Å². The van der Waals surface area contributed by atoms with Gasteiger partial charge in [0, 0.05) is 24.7 Å². The lowest BCUT2D eigenvalue weighted by Crippen LogP contribution is -2.41. The van der Waals surface area contributed by atoms with E-state index in [-0.39, 0.29) is 48.0 Å². The molecular weight excluding hydrogens is 861 g/mol. The SMILES string of the molecule is COc1ccc(CN(Cc2ccc(OC)cc2)S(=O)(=O)c2c(S(=O)(=O)CC(C)NC(=O)OC(C)(C)C)ccc(-c3cccc(N)c3N)c2-c2nnn(Cc3ccc(OC)cc3)n2)cc1. The largest absolute Gasteiger partial charge is 0.497 e. The van der Waals surface area contributed by atoms with Crippen molar-refractivity contribution in [2.24, 2.45) is 0 Å². The first-order valence-corrected chi connectivity index (χ1v) is 23.1. The fourth-order valence-corrected chi connectivity index (χ4v) is 10.8. The van der Waals surface area contributed by atoms with E-state index in [1.807, 2.05) is 12.1 Å². The number of carbonyl (C=O) groups is 1. The van der Waals surface area contributed by atoms with Crippen LogP contribution in [0.3, 0.4) is 0 Å². The van der Waals surface area contributed by atoms with Gasteiger partial charge >= 0.3 is 6.09 Å². The number of hydrogen-bond acceptors (Lipinski definition) is 14. The van der Waals surface area contributed by atoms with E-state index in [9.17, 15) is 13.2 Å². The van der Waals surface area contributed by atoms with Gasteiger partial charge in [-0.15, -0.1) is 10.2 Å². The summed E-state index contributed by atoms with van der Waals surface area (Å²) in [6.45, 7) is 6.18. The van der Waals surface area contributed by atoms with Crippen LogP contribution in [0.2, 0.25) is 0 Å². The number of tetrazole rings is 1. The predicted octanol–water partition coefficient (Wildman–Crippen LogP) is 6.32. The second kappa shape index (κ2) is 19.4. The smallest absolute Gasteiger partial charge is 0.407 e. The molecule has 1 aromatic heterocycles. The number of nitrogens with zero attached hydrogens (tertiary/aromatic N) is 5. The number of hydrogen-bond donors (Lipinski definition) is 3. The fraction of sp³-hybridized carbons (Fsp3) is 0.289. The summed E-state index contributed by atoms with van der Waals surface area (Å²) in [6, 6.07) is 27.3. The lowest BCUT2D eigenvalue weighted by Gasteiger charge is -2.27. The molecule has 0 saturated carbocycles. The van der Waals surface area contributed by atoms with Crippen molar-refractivity contribution in [2.45, 2.75) is 68.8 Å². The molecule has 6 rings (SSSR count). The number of carbonyl (C=O) groups excluding carboxylic acids is 1. The summed E-state index contributed by atoms with van der Waals surface area (Å²) in [5.74, 6) is 0.804. The van der Waals surface area contributed by atoms with Crippen LogP contribution in [0.1, 0.15) is 44.4 Å². The first kappa shape index (κ1) is 46.8. The number of ether oxygens (including phenoxy) is 4. The van der Waals surface area contributed by atoms with Gasteiger partial charge in [0.25, 0.3) is 0 Å². The molecule has 1 atom stereocenters. The minimum atomic E-state index is -4.94. The van der Waals surface area contributed by atoms with Crippen molar-refractivity contribution in [2.75, 3.05) is 38.5 Å². The van der Waals surface area contributed by atoms with Crippen molar-refractivity contribution in [1.82, 2.24) is 29.8 Å². The van der Waals surface area contributed by atoms with E-state index in [0.29, 0.717) is 33.9 Å². The van der Waals surface area contributed by atoms with Crippen LogP contribution in [0.25, 0.3) is 22.5 Å². The van der Waals surface area contributed by atoms with E-state index in [2.05, 4.69) is 20.7 Å². The number of anilines is 2. The van der Waals surface area contributed by atoms with Crippen LogP contribution in [-0.2, 0) is 44.2 Å². The Morgan fingerprint density at radius 3 is 1.80 bits per heavy atom. The van der Waals surface area contributed by atoms with Crippen molar-refractivity contribution < 1.29 is 40.6 Å². The van der Waals surface area contributed by atoms with Gasteiger partial charge in [-0.3, -0.25) is 0 Å². The number of sulfonamides is 1. The summed E-state index contributed by atoms with van der Waals surface area (Å²) < 4.78 is 84.2. The molecule has 0 saturated heterocycles.